The summed E-state index contributed by atoms with van der Waals surface area (Å²) in [6.07, 6.45) is 3.41. The summed E-state index contributed by atoms with van der Waals surface area (Å²) in [5.74, 6) is -1.71. The average molecular weight is 423 g/mol. The van der Waals surface area contributed by atoms with E-state index in [9.17, 15) is 19.4 Å². The van der Waals surface area contributed by atoms with Crippen LogP contribution in [0.4, 0.5) is 0 Å². The van der Waals surface area contributed by atoms with Gasteiger partial charge in [-0.2, -0.15) is 11.8 Å². The highest BCUT2D eigenvalue weighted by atomic mass is 32.2. The maximum Gasteiger partial charge on any atom is 0.547 e. The van der Waals surface area contributed by atoms with Crippen LogP contribution in [0, 0.1) is 5.92 Å². The molecule has 1 amide bonds. The number of nitrogens with one attached hydrogen (secondary N) is 1. The van der Waals surface area contributed by atoms with Crippen molar-refractivity contribution >= 4 is 36.7 Å². The van der Waals surface area contributed by atoms with E-state index in [1.54, 1.807) is 12.1 Å². The van der Waals surface area contributed by atoms with Crippen molar-refractivity contribution in [1.82, 2.24) is 5.32 Å². The van der Waals surface area contributed by atoms with E-state index >= 15 is 0 Å². The van der Waals surface area contributed by atoms with Gasteiger partial charge in [-0.3, -0.25) is 9.59 Å². The molecule has 0 saturated carbocycles. The maximum atomic E-state index is 12.4. The van der Waals surface area contributed by atoms with Crippen molar-refractivity contribution in [1.29, 1.82) is 0 Å². The van der Waals surface area contributed by atoms with Crippen molar-refractivity contribution in [2.75, 3.05) is 18.8 Å². The molecule has 1 unspecified atom stereocenters. The normalized spacial score (nSPS) is 15.3. The summed E-state index contributed by atoms with van der Waals surface area (Å²) in [5.41, 5.74) is 0.780. The summed E-state index contributed by atoms with van der Waals surface area (Å²) in [6, 6.07) is 4.91. The number of thioether (sulfide) groups is 1. The Labute approximate surface area is 174 Å². The number of ether oxygens (including phenoxy) is 2. The molecule has 29 heavy (non-hydrogen) atoms. The summed E-state index contributed by atoms with van der Waals surface area (Å²) in [4.78, 5) is 36.1. The van der Waals surface area contributed by atoms with Gasteiger partial charge in [-0.1, -0.05) is 26.0 Å². The summed E-state index contributed by atoms with van der Waals surface area (Å²) >= 11 is 1.37. The zero-order chi connectivity index (χ0) is 21.4. The maximum absolute atomic E-state index is 12.4. The quantitative estimate of drug-likeness (QED) is 0.350. The van der Waals surface area contributed by atoms with Gasteiger partial charge >= 0.3 is 19.1 Å². The van der Waals surface area contributed by atoms with Gasteiger partial charge in [0, 0.05) is 0 Å². The van der Waals surface area contributed by atoms with Crippen LogP contribution in [0.5, 0.6) is 5.75 Å². The SMILES string of the molecule is CCC(CC)C(=O)OCOC(=O)c1cccc2c1OB(O)C(NC(=O)CSC)C2. The molecule has 1 aliphatic rings. The standard InChI is InChI=1S/C19H26BNO7S/c1-4-12(5-2)18(23)26-11-27-19(24)14-8-6-7-13-9-15(20(25)28-17(13)14)21-16(22)10-29-3/h6-8,12,15,25H,4-5,9-11H2,1-3H3,(H,21,22). The van der Waals surface area contributed by atoms with Crippen molar-refractivity contribution in [2.45, 2.75) is 39.1 Å². The molecule has 158 valence electrons. The second-order valence-electron chi connectivity index (χ2n) is 6.64. The summed E-state index contributed by atoms with van der Waals surface area (Å²) in [6.45, 7) is 3.28. The van der Waals surface area contributed by atoms with E-state index in [0.29, 0.717) is 24.8 Å². The van der Waals surface area contributed by atoms with Crippen LogP contribution < -0.4 is 9.97 Å². The number of benzene rings is 1. The average Bonchev–Trinajstić information content (AvgIpc) is 2.69. The summed E-state index contributed by atoms with van der Waals surface area (Å²) in [5, 5.41) is 13.0. The molecule has 0 aromatic heterocycles. The summed E-state index contributed by atoms with van der Waals surface area (Å²) in [7, 11) is -1.30. The second kappa shape index (κ2) is 11.1. The zero-order valence-electron chi connectivity index (χ0n) is 16.8. The molecule has 8 nitrogen and oxygen atoms in total. The minimum atomic E-state index is -1.30. The van der Waals surface area contributed by atoms with Gasteiger partial charge in [0.2, 0.25) is 12.7 Å². The van der Waals surface area contributed by atoms with Crippen LogP contribution in [-0.2, 0) is 25.5 Å². The highest BCUT2D eigenvalue weighted by Gasteiger charge is 2.37. The molecule has 0 saturated heterocycles. The molecule has 0 spiro atoms. The molecule has 1 aliphatic heterocycles. The first-order valence-corrected chi connectivity index (χ1v) is 10.9. The lowest BCUT2D eigenvalue weighted by atomic mass is 9.72. The Bertz CT molecular complexity index is 741. The number of rotatable bonds is 9. The monoisotopic (exact) mass is 423 g/mol. The van der Waals surface area contributed by atoms with Crippen LogP contribution in [0.1, 0.15) is 42.6 Å². The van der Waals surface area contributed by atoms with Crippen LogP contribution >= 0.6 is 11.8 Å². The molecule has 0 fully saturated rings. The van der Waals surface area contributed by atoms with Crippen LogP contribution in [0.15, 0.2) is 18.2 Å². The largest absolute Gasteiger partial charge is 0.547 e. The van der Waals surface area contributed by atoms with E-state index in [1.807, 2.05) is 20.1 Å². The topological polar surface area (TPSA) is 111 Å². The Balaban J connectivity index is 2.01. The Morgan fingerprint density at radius 1 is 1.31 bits per heavy atom. The first kappa shape index (κ1) is 23.1. The number of para-hydroxylation sites is 1. The van der Waals surface area contributed by atoms with Crippen molar-refractivity contribution in [3.8, 4) is 5.75 Å². The minimum absolute atomic E-state index is 0.119. The first-order chi connectivity index (χ1) is 13.9. The van der Waals surface area contributed by atoms with Crippen molar-refractivity contribution < 1.29 is 33.5 Å². The lowest BCUT2D eigenvalue weighted by Crippen LogP contribution is -2.53. The molecule has 2 N–H and O–H groups in total. The number of amides is 1. The number of hydrogen-bond donors (Lipinski definition) is 2. The van der Waals surface area contributed by atoms with Crippen molar-refractivity contribution in [2.24, 2.45) is 5.92 Å². The van der Waals surface area contributed by atoms with E-state index in [2.05, 4.69) is 5.32 Å². The number of esters is 2. The second-order valence-corrected chi connectivity index (χ2v) is 7.51. The first-order valence-electron chi connectivity index (χ1n) is 9.49. The van der Waals surface area contributed by atoms with Gasteiger partial charge in [-0.15, -0.1) is 0 Å². The fourth-order valence-electron chi connectivity index (χ4n) is 3.05. The van der Waals surface area contributed by atoms with Crippen LogP contribution in [0.25, 0.3) is 0 Å². The lowest BCUT2D eigenvalue weighted by molar-refractivity contribution is -0.157. The Hall–Kier alpha value is -2.20. The smallest absolute Gasteiger partial charge is 0.534 e. The van der Waals surface area contributed by atoms with Gasteiger partial charge in [-0.25, -0.2) is 4.79 Å². The van der Waals surface area contributed by atoms with Gasteiger partial charge in [0.25, 0.3) is 0 Å². The van der Waals surface area contributed by atoms with E-state index in [4.69, 9.17) is 14.1 Å². The van der Waals surface area contributed by atoms with Gasteiger partial charge in [-0.05, 0) is 37.1 Å². The third kappa shape index (κ3) is 6.14. The molecular formula is C19H26BNO7S. The molecule has 10 heteroatoms. The fourth-order valence-corrected chi connectivity index (χ4v) is 3.39. The molecule has 1 heterocycles. The van der Waals surface area contributed by atoms with E-state index in [0.717, 1.165) is 0 Å². The number of fused-ring (bicyclic) bond motifs is 1. The molecule has 1 aromatic carbocycles. The van der Waals surface area contributed by atoms with E-state index in [1.165, 1.54) is 17.8 Å². The predicted molar refractivity (Wildman–Crippen MR) is 110 cm³/mol. The molecular weight excluding hydrogens is 397 g/mol. The van der Waals surface area contributed by atoms with Gasteiger partial charge in [0.1, 0.15) is 11.3 Å². The third-order valence-electron chi connectivity index (χ3n) is 4.67. The fraction of sp³-hybridized carbons (Fsp3) is 0.526. The van der Waals surface area contributed by atoms with Crippen LogP contribution in [-0.4, -0.2) is 54.7 Å². The lowest BCUT2D eigenvalue weighted by Gasteiger charge is -2.29. The van der Waals surface area contributed by atoms with Crippen molar-refractivity contribution in [3.05, 3.63) is 29.3 Å². The van der Waals surface area contributed by atoms with E-state index < -0.39 is 31.8 Å². The zero-order valence-corrected chi connectivity index (χ0v) is 17.6. The molecule has 2 rings (SSSR count). The number of carbonyl (C=O) groups is 3. The molecule has 1 atom stereocenters. The van der Waals surface area contributed by atoms with Gasteiger partial charge < -0.3 is 24.5 Å². The third-order valence-corrected chi connectivity index (χ3v) is 5.22. The highest BCUT2D eigenvalue weighted by Crippen LogP contribution is 2.30. The number of carbonyl (C=O) groups excluding carboxylic acids is 3. The van der Waals surface area contributed by atoms with Crippen LogP contribution in [0.3, 0.4) is 0 Å². The Morgan fingerprint density at radius 2 is 2.03 bits per heavy atom. The predicted octanol–water partition coefficient (Wildman–Crippen LogP) is 1.58. The van der Waals surface area contributed by atoms with E-state index in [-0.39, 0.29) is 28.9 Å². The van der Waals surface area contributed by atoms with Crippen LogP contribution in [0.2, 0.25) is 0 Å². The molecule has 0 aliphatic carbocycles. The van der Waals surface area contributed by atoms with Gasteiger partial charge in [0.15, 0.2) is 0 Å². The summed E-state index contributed by atoms with van der Waals surface area (Å²) < 4.78 is 15.6. The number of hydrogen-bond acceptors (Lipinski definition) is 8. The minimum Gasteiger partial charge on any atom is -0.534 e. The highest BCUT2D eigenvalue weighted by molar-refractivity contribution is 7.99. The van der Waals surface area contributed by atoms with Gasteiger partial charge in [0.05, 0.1) is 17.6 Å². The Morgan fingerprint density at radius 3 is 2.69 bits per heavy atom. The molecule has 0 bridgehead atoms. The van der Waals surface area contributed by atoms with Crippen molar-refractivity contribution in [3.63, 3.8) is 0 Å². The molecule has 0 radical (unpaired) electrons. The molecule has 1 aromatic rings. The Kier molecular flexibility index (Phi) is 8.84.